The number of carbonyl (C=O) groups excluding carboxylic acids is 1. The van der Waals surface area contributed by atoms with Crippen LogP contribution in [-0.4, -0.2) is 32.2 Å². The second kappa shape index (κ2) is 7.44. The highest BCUT2D eigenvalue weighted by Gasteiger charge is 2.30. The van der Waals surface area contributed by atoms with E-state index in [2.05, 4.69) is 21.2 Å². The third-order valence-electron chi connectivity index (χ3n) is 3.05. The summed E-state index contributed by atoms with van der Waals surface area (Å²) in [5.41, 5.74) is -0.973. The normalized spacial score (nSPS) is 12.4. The summed E-state index contributed by atoms with van der Waals surface area (Å²) < 4.78 is 64.1. The van der Waals surface area contributed by atoms with Crippen LogP contribution in [0.4, 0.5) is 18.9 Å². The molecule has 0 bridgehead atoms. The van der Waals surface area contributed by atoms with Gasteiger partial charge >= 0.3 is 6.18 Å². The van der Waals surface area contributed by atoms with Gasteiger partial charge in [0.05, 0.1) is 15.9 Å². The molecule has 0 atom stereocenters. The standard InChI is InChI=1S/C14H12BrF3N2O3S2/c1-20(25(22,23)13-6-5-11(15)24-13)8-12(21)19-10-4-2-3-9(7-10)14(16,17)18/h2-7H,8H2,1H3,(H,19,21). The van der Waals surface area contributed by atoms with E-state index in [-0.39, 0.29) is 9.90 Å². The first-order valence-electron chi connectivity index (χ1n) is 6.69. The summed E-state index contributed by atoms with van der Waals surface area (Å²) in [5, 5.41) is 2.26. The van der Waals surface area contributed by atoms with Crippen LogP contribution in [0.5, 0.6) is 0 Å². The number of benzene rings is 1. The molecule has 5 nitrogen and oxygen atoms in total. The first-order chi connectivity index (χ1) is 11.5. The molecule has 0 fully saturated rings. The van der Waals surface area contributed by atoms with Crippen molar-refractivity contribution in [2.75, 3.05) is 18.9 Å². The summed E-state index contributed by atoms with van der Waals surface area (Å²) in [7, 11) is -2.64. The summed E-state index contributed by atoms with van der Waals surface area (Å²) >= 11 is 4.15. The summed E-state index contributed by atoms with van der Waals surface area (Å²) in [5.74, 6) is -0.749. The lowest BCUT2D eigenvalue weighted by Gasteiger charge is -2.16. The molecule has 0 saturated heterocycles. The van der Waals surface area contributed by atoms with Crippen molar-refractivity contribution in [2.45, 2.75) is 10.4 Å². The largest absolute Gasteiger partial charge is 0.416 e. The second-order valence-corrected chi connectivity index (χ2v) is 9.68. The average molecular weight is 457 g/mol. The Balaban J connectivity index is 2.07. The molecule has 1 aromatic carbocycles. The van der Waals surface area contributed by atoms with Crippen LogP contribution in [0.25, 0.3) is 0 Å². The molecule has 1 amide bonds. The maximum absolute atomic E-state index is 12.7. The molecular formula is C14H12BrF3N2O3S2. The van der Waals surface area contributed by atoms with Gasteiger partial charge in [0.1, 0.15) is 4.21 Å². The van der Waals surface area contributed by atoms with E-state index in [9.17, 15) is 26.4 Å². The van der Waals surface area contributed by atoms with Gasteiger partial charge in [-0.1, -0.05) is 6.07 Å². The number of amides is 1. The Morgan fingerprint density at radius 2 is 1.96 bits per heavy atom. The zero-order valence-corrected chi connectivity index (χ0v) is 15.9. The molecule has 136 valence electrons. The third-order valence-corrected chi connectivity index (χ3v) is 6.95. The van der Waals surface area contributed by atoms with Gasteiger partial charge in [0, 0.05) is 12.7 Å². The van der Waals surface area contributed by atoms with Crippen molar-refractivity contribution < 1.29 is 26.4 Å². The molecule has 1 heterocycles. The third kappa shape index (κ3) is 5.03. The van der Waals surface area contributed by atoms with Gasteiger partial charge in [0.15, 0.2) is 0 Å². The van der Waals surface area contributed by atoms with Crippen molar-refractivity contribution in [3.8, 4) is 0 Å². The topological polar surface area (TPSA) is 66.5 Å². The number of carbonyl (C=O) groups is 1. The lowest BCUT2D eigenvalue weighted by atomic mass is 10.2. The molecule has 0 aliphatic heterocycles. The lowest BCUT2D eigenvalue weighted by Crippen LogP contribution is -2.34. The van der Waals surface area contributed by atoms with Crippen LogP contribution in [0.3, 0.4) is 0 Å². The number of halogens is 4. The zero-order valence-electron chi connectivity index (χ0n) is 12.7. The highest BCUT2D eigenvalue weighted by Crippen LogP contribution is 2.31. The van der Waals surface area contributed by atoms with E-state index in [0.29, 0.717) is 3.79 Å². The van der Waals surface area contributed by atoms with Crippen LogP contribution in [0.2, 0.25) is 0 Å². The van der Waals surface area contributed by atoms with Crippen LogP contribution in [0.15, 0.2) is 44.4 Å². The molecule has 0 saturated carbocycles. The predicted molar refractivity (Wildman–Crippen MR) is 91.9 cm³/mol. The number of thiophene rings is 1. The number of anilines is 1. The second-order valence-electron chi connectivity index (χ2n) is 4.95. The van der Waals surface area contributed by atoms with Gasteiger partial charge in [0.2, 0.25) is 5.91 Å². The number of hydrogen-bond acceptors (Lipinski definition) is 4. The van der Waals surface area contributed by atoms with Gasteiger partial charge in [-0.15, -0.1) is 11.3 Å². The Bertz CT molecular complexity index is 881. The van der Waals surface area contributed by atoms with Gasteiger partial charge in [-0.05, 0) is 46.3 Å². The van der Waals surface area contributed by atoms with Crippen molar-refractivity contribution >= 4 is 48.9 Å². The number of likely N-dealkylation sites (N-methyl/N-ethyl adjacent to an activating group) is 1. The quantitative estimate of drug-likeness (QED) is 0.743. The first-order valence-corrected chi connectivity index (χ1v) is 9.74. The van der Waals surface area contributed by atoms with Crippen molar-refractivity contribution in [3.63, 3.8) is 0 Å². The van der Waals surface area contributed by atoms with Crippen LogP contribution >= 0.6 is 27.3 Å². The van der Waals surface area contributed by atoms with E-state index < -0.39 is 34.2 Å². The Labute approximate surface area is 154 Å². The highest BCUT2D eigenvalue weighted by molar-refractivity contribution is 9.11. The first kappa shape index (κ1) is 19.9. The van der Waals surface area contributed by atoms with E-state index in [1.54, 1.807) is 6.07 Å². The molecular weight excluding hydrogens is 445 g/mol. The van der Waals surface area contributed by atoms with Gasteiger partial charge in [0.25, 0.3) is 10.0 Å². The molecule has 0 spiro atoms. The molecule has 0 unspecified atom stereocenters. The van der Waals surface area contributed by atoms with Crippen LogP contribution < -0.4 is 5.32 Å². The van der Waals surface area contributed by atoms with E-state index in [4.69, 9.17) is 0 Å². The molecule has 11 heteroatoms. The van der Waals surface area contributed by atoms with E-state index in [1.165, 1.54) is 19.2 Å². The maximum atomic E-state index is 12.7. The minimum absolute atomic E-state index is 0.0498. The van der Waals surface area contributed by atoms with Crippen molar-refractivity contribution in [2.24, 2.45) is 0 Å². The molecule has 0 aliphatic carbocycles. The van der Waals surface area contributed by atoms with Crippen LogP contribution in [-0.2, 0) is 21.0 Å². The van der Waals surface area contributed by atoms with E-state index in [0.717, 1.165) is 33.8 Å². The molecule has 1 N–H and O–H groups in total. The number of nitrogens with one attached hydrogen (secondary N) is 1. The van der Waals surface area contributed by atoms with Crippen molar-refractivity contribution in [1.82, 2.24) is 4.31 Å². The number of hydrogen-bond donors (Lipinski definition) is 1. The Morgan fingerprint density at radius 3 is 2.52 bits per heavy atom. The molecule has 25 heavy (non-hydrogen) atoms. The monoisotopic (exact) mass is 456 g/mol. The minimum Gasteiger partial charge on any atom is -0.325 e. The molecule has 2 rings (SSSR count). The fraction of sp³-hybridized carbons (Fsp3) is 0.214. The smallest absolute Gasteiger partial charge is 0.325 e. The van der Waals surface area contributed by atoms with Crippen molar-refractivity contribution in [3.05, 3.63) is 45.7 Å². The molecule has 2 aromatic rings. The number of alkyl halides is 3. The lowest BCUT2D eigenvalue weighted by molar-refractivity contribution is -0.137. The van der Waals surface area contributed by atoms with Gasteiger partial charge in [-0.3, -0.25) is 4.79 Å². The highest BCUT2D eigenvalue weighted by atomic mass is 79.9. The average Bonchev–Trinajstić information content (AvgIpc) is 2.93. The summed E-state index contributed by atoms with van der Waals surface area (Å²) in [6.07, 6.45) is -4.53. The van der Waals surface area contributed by atoms with Gasteiger partial charge in [-0.25, -0.2) is 8.42 Å². The predicted octanol–water partition coefficient (Wildman–Crippen LogP) is 3.79. The fourth-order valence-electron chi connectivity index (χ4n) is 1.85. The Hall–Kier alpha value is -1.43. The Kier molecular flexibility index (Phi) is 5.92. The number of nitrogens with zero attached hydrogens (tertiary/aromatic N) is 1. The summed E-state index contributed by atoms with van der Waals surface area (Å²) in [6, 6.07) is 7.06. The van der Waals surface area contributed by atoms with Gasteiger partial charge in [-0.2, -0.15) is 17.5 Å². The number of rotatable bonds is 5. The minimum atomic E-state index is -4.53. The zero-order chi connectivity index (χ0) is 18.8. The summed E-state index contributed by atoms with van der Waals surface area (Å²) in [6.45, 7) is -0.534. The molecule has 1 aromatic heterocycles. The van der Waals surface area contributed by atoms with Crippen LogP contribution in [0.1, 0.15) is 5.56 Å². The SMILES string of the molecule is CN(CC(=O)Nc1cccc(C(F)(F)F)c1)S(=O)(=O)c1ccc(Br)s1. The Morgan fingerprint density at radius 1 is 1.28 bits per heavy atom. The van der Waals surface area contributed by atoms with Gasteiger partial charge < -0.3 is 5.32 Å². The fourth-order valence-corrected chi connectivity index (χ4v) is 5.20. The van der Waals surface area contributed by atoms with E-state index in [1.807, 2.05) is 0 Å². The van der Waals surface area contributed by atoms with Crippen molar-refractivity contribution in [1.29, 1.82) is 0 Å². The maximum Gasteiger partial charge on any atom is 0.416 e. The molecule has 0 aliphatic rings. The number of sulfonamides is 1. The van der Waals surface area contributed by atoms with Crippen LogP contribution in [0, 0.1) is 0 Å². The summed E-state index contributed by atoms with van der Waals surface area (Å²) in [4.78, 5) is 12.0. The van der Waals surface area contributed by atoms with E-state index >= 15 is 0 Å². The molecule has 0 radical (unpaired) electrons.